The minimum atomic E-state index is 0.437. The Morgan fingerprint density at radius 3 is 2.76 bits per heavy atom. The maximum atomic E-state index is 5.75. The molecule has 0 saturated heterocycles. The summed E-state index contributed by atoms with van der Waals surface area (Å²) in [5, 5.41) is 0. The van der Waals surface area contributed by atoms with Gasteiger partial charge in [0.1, 0.15) is 4.99 Å². The van der Waals surface area contributed by atoms with Gasteiger partial charge in [0.05, 0.1) is 6.61 Å². The molecule has 0 spiro atoms. The molecule has 0 atom stereocenters. The van der Waals surface area contributed by atoms with Crippen LogP contribution in [-0.2, 0) is 4.74 Å². The molecule has 3 nitrogen and oxygen atoms in total. The van der Waals surface area contributed by atoms with Crippen molar-refractivity contribution >= 4 is 22.9 Å². The van der Waals surface area contributed by atoms with Crippen molar-refractivity contribution < 1.29 is 4.74 Å². The van der Waals surface area contributed by atoms with Crippen LogP contribution in [0.5, 0.6) is 0 Å². The summed E-state index contributed by atoms with van der Waals surface area (Å²) < 4.78 is 5.34. The van der Waals surface area contributed by atoms with Gasteiger partial charge in [0.2, 0.25) is 0 Å². The lowest BCUT2D eigenvalue weighted by atomic mass is 10.1. The summed E-state index contributed by atoms with van der Waals surface area (Å²) in [4.78, 5) is 2.55. The molecule has 0 fully saturated rings. The molecule has 1 aromatic carbocycles. The number of rotatable bonds is 6. The lowest BCUT2D eigenvalue weighted by Gasteiger charge is -2.22. The van der Waals surface area contributed by atoms with Gasteiger partial charge in [-0.15, -0.1) is 0 Å². The van der Waals surface area contributed by atoms with E-state index in [1.807, 2.05) is 27.0 Å². The fourth-order valence-electron chi connectivity index (χ4n) is 1.65. The first-order valence-corrected chi connectivity index (χ1v) is 6.16. The number of anilines is 1. The molecule has 0 aliphatic rings. The van der Waals surface area contributed by atoms with Gasteiger partial charge < -0.3 is 15.4 Å². The number of nitrogens with two attached hydrogens (primary N) is 1. The van der Waals surface area contributed by atoms with Gasteiger partial charge in [-0.3, -0.25) is 0 Å². The molecular weight excluding hydrogens is 232 g/mol. The lowest BCUT2D eigenvalue weighted by Crippen LogP contribution is -2.25. The Bertz CT molecular complexity index is 393. The Balaban J connectivity index is 2.84. The number of ether oxygens (including phenoxy) is 1. The molecule has 4 heteroatoms. The van der Waals surface area contributed by atoms with Crippen molar-refractivity contribution in [3.05, 3.63) is 29.3 Å². The third-order valence-corrected chi connectivity index (χ3v) is 2.82. The first-order valence-electron chi connectivity index (χ1n) is 5.75. The molecular formula is C13H20N2OS. The van der Waals surface area contributed by atoms with E-state index in [4.69, 9.17) is 22.7 Å². The molecule has 0 radical (unpaired) electrons. The van der Waals surface area contributed by atoms with Gasteiger partial charge in [-0.1, -0.05) is 23.8 Å². The summed E-state index contributed by atoms with van der Waals surface area (Å²) in [7, 11) is 2.02. The van der Waals surface area contributed by atoms with Crippen LogP contribution in [0.4, 0.5) is 5.69 Å². The minimum absolute atomic E-state index is 0.437. The van der Waals surface area contributed by atoms with E-state index in [2.05, 4.69) is 17.0 Å². The van der Waals surface area contributed by atoms with E-state index in [9.17, 15) is 0 Å². The average molecular weight is 252 g/mol. The monoisotopic (exact) mass is 252 g/mol. The van der Waals surface area contributed by atoms with Crippen molar-refractivity contribution in [3.8, 4) is 0 Å². The molecule has 0 unspecified atom stereocenters. The molecule has 0 amide bonds. The summed E-state index contributed by atoms with van der Waals surface area (Å²) in [6, 6.07) is 6.14. The van der Waals surface area contributed by atoms with Gasteiger partial charge in [-0.2, -0.15) is 0 Å². The first-order chi connectivity index (χ1) is 8.06. The molecule has 94 valence electrons. The highest BCUT2D eigenvalue weighted by molar-refractivity contribution is 7.80. The number of hydrogen-bond acceptors (Lipinski definition) is 3. The first kappa shape index (κ1) is 13.9. The fraction of sp³-hybridized carbons (Fsp3) is 0.462. The Morgan fingerprint density at radius 2 is 2.18 bits per heavy atom. The van der Waals surface area contributed by atoms with Crippen molar-refractivity contribution in [1.29, 1.82) is 0 Å². The molecule has 17 heavy (non-hydrogen) atoms. The molecule has 0 aliphatic heterocycles. The van der Waals surface area contributed by atoms with Crippen LogP contribution in [-0.4, -0.2) is 31.8 Å². The largest absolute Gasteiger partial charge is 0.389 e. The van der Waals surface area contributed by atoms with Crippen molar-refractivity contribution in [2.75, 3.05) is 31.7 Å². The van der Waals surface area contributed by atoms with Crippen LogP contribution < -0.4 is 10.6 Å². The van der Waals surface area contributed by atoms with Crippen molar-refractivity contribution in [1.82, 2.24) is 0 Å². The van der Waals surface area contributed by atoms with E-state index in [1.165, 1.54) is 0 Å². The van der Waals surface area contributed by atoms with Gasteiger partial charge in [-0.05, 0) is 26.0 Å². The summed E-state index contributed by atoms with van der Waals surface area (Å²) in [5.41, 5.74) is 8.90. The second kappa shape index (κ2) is 6.57. The van der Waals surface area contributed by atoms with E-state index in [0.29, 0.717) is 11.6 Å². The highest BCUT2D eigenvalue weighted by Crippen LogP contribution is 2.20. The smallest absolute Gasteiger partial charge is 0.106 e. The highest BCUT2D eigenvalue weighted by atomic mass is 32.1. The number of likely N-dealkylation sites (N-methyl/N-ethyl adjacent to an activating group) is 1. The molecule has 0 aliphatic carbocycles. The standard InChI is InChI=1S/C13H20N2OS/c1-4-16-8-7-15(3)12-6-5-10(2)9-11(12)13(14)17/h5-6,9H,4,7-8H2,1-3H3,(H2,14,17). The quantitative estimate of drug-likeness (QED) is 0.621. The van der Waals surface area contributed by atoms with Crippen LogP contribution in [0, 0.1) is 6.92 Å². The zero-order valence-corrected chi connectivity index (χ0v) is 11.5. The summed E-state index contributed by atoms with van der Waals surface area (Å²) in [6.45, 7) is 6.30. The van der Waals surface area contributed by atoms with E-state index in [0.717, 1.165) is 30.0 Å². The third-order valence-electron chi connectivity index (χ3n) is 2.60. The van der Waals surface area contributed by atoms with Crippen molar-refractivity contribution in [2.24, 2.45) is 5.73 Å². The lowest BCUT2D eigenvalue weighted by molar-refractivity contribution is 0.154. The Hall–Kier alpha value is -1.13. The van der Waals surface area contributed by atoms with Gasteiger partial charge in [0.15, 0.2) is 0 Å². The van der Waals surface area contributed by atoms with Crippen molar-refractivity contribution in [2.45, 2.75) is 13.8 Å². The molecule has 1 aromatic rings. The predicted molar refractivity (Wildman–Crippen MR) is 76.8 cm³/mol. The number of nitrogens with zero attached hydrogens (tertiary/aromatic N) is 1. The highest BCUT2D eigenvalue weighted by Gasteiger charge is 2.09. The average Bonchev–Trinajstić information content (AvgIpc) is 2.29. The van der Waals surface area contributed by atoms with Crippen LogP contribution in [0.1, 0.15) is 18.1 Å². The summed E-state index contributed by atoms with van der Waals surface area (Å²) in [5.74, 6) is 0. The van der Waals surface area contributed by atoms with Gasteiger partial charge in [0, 0.05) is 31.5 Å². The molecule has 0 saturated carbocycles. The molecule has 0 aromatic heterocycles. The maximum absolute atomic E-state index is 5.75. The van der Waals surface area contributed by atoms with E-state index in [1.54, 1.807) is 0 Å². The maximum Gasteiger partial charge on any atom is 0.106 e. The number of hydrogen-bond donors (Lipinski definition) is 1. The van der Waals surface area contributed by atoms with E-state index >= 15 is 0 Å². The zero-order valence-electron chi connectivity index (χ0n) is 10.7. The summed E-state index contributed by atoms with van der Waals surface area (Å²) >= 11 is 5.08. The number of thiocarbonyl (C=S) groups is 1. The van der Waals surface area contributed by atoms with E-state index < -0.39 is 0 Å². The zero-order chi connectivity index (χ0) is 12.8. The van der Waals surface area contributed by atoms with Crippen LogP contribution in [0.3, 0.4) is 0 Å². The number of benzene rings is 1. The van der Waals surface area contributed by atoms with Crippen molar-refractivity contribution in [3.63, 3.8) is 0 Å². The Kier molecular flexibility index (Phi) is 5.38. The van der Waals surface area contributed by atoms with Crippen LogP contribution in [0.2, 0.25) is 0 Å². The minimum Gasteiger partial charge on any atom is -0.389 e. The SMILES string of the molecule is CCOCCN(C)c1ccc(C)cc1C(N)=S. The van der Waals surface area contributed by atoms with Gasteiger partial charge in [0.25, 0.3) is 0 Å². The van der Waals surface area contributed by atoms with Gasteiger partial charge in [-0.25, -0.2) is 0 Å². The Labute approximate surface area is 109 Å². The Morgan fingerprint density at radius 1 is 1.47 bits per heavy atom. The van der Waals surface area contributed by atoms with Crippen LogP contribution in [0.25, 0.3) is 0 Å². The predicted octanol–water partition coefficient (Wildman–Crippen LogP) is 2.10. The molecule has 2 N–H and O–H groups in total. The van der Waals surface area contributed by atoms with Gasteiger partial charge >= 0.3 is 0 Å². The third kappa shape index (κ3) is 3.98. The second-order valence-corrected chi connectivity index (χ2v) is 4.44. The summed E-state index contributed by atoms with van der Waals surface area (Å²) in [6.07, 6.45) is 0. The van der Waals surface area contributed by atoms with E-state index in [-0.39, 0.29) is 0 Å². The molecule has 1 rings (SSSR count). The topological polar surface area (TPSA) is 38.5 Å². The molecule has 0 heterocycles. The fourth-order valence-corrected chi connectivity index (χ4v) is 1.81. The van der Waals surface area contributed by atoms with Crippen LogP contribution >= 0.6 is 12.2 Å². The normalized spacial score (nSPS) is 10.3. The second-order valence-electron chi connectivity index (χ2n) is 4.00. The van der Waals surface area contributed by atoms with Crippen LogP contribution in [0.15, 0.2) is 18.2 Å². The number of aryl methyl sites for hydroxylation is 1. The molecule has 0 bridgehead atoms.